The van der Waals surface area contributed by atoms with Gasteiger partial charge < -0.3 is 5.32 Å². The molecule has 0 unspecified atom stereocenters. The maximum atomic E-state index is 3.51. The van der Waals surface area contributed by atoms with Gasteiger partial charge in [0.25, 0.3) is 0 Å². The van der Waals surface area contributed by atoms with Crippen LogP contribution in [0.25, 0.3) is 0 Å². The van der Waals surface area contributed by atoms with Crippen molar-refractivity contribution >= 4 is 11.8 Å². The summed E-state index contributed by atoms with van der Waals surface area (Å²) in [6.45, 7) is 8.92. The van der Waals surface area contributed by atoms with Crippen LogP contribution in [0.1, 0.15) is 42.9 Å². The van der Waals surface area contributed by atoms with Crippen LogP contribution < -0.4 is 5.32 Å². The molecule has 1 rings (SSSR count). The Hall–Kier alpha value is -0.470. The molecule has 1 N–H and O–H groups in total. The van der Waals surface area contributed by atoms with Gasteiger partial charge in [-0.15, -0.1) is 0 Å². The highest BCUT2D eigenvalue weighted by Gasteiger charge is 1.96. The number of thioether (sulfide) groups is 1. The summed E-state index contributed by atoms with van der Waals surface area (Å²) in [5.41, 5.74) is 4.22. The summed E-state index contributed by atoms with van der Waals surface area (Å²) in [5.74, 6) is 2.35. The van der Waals surface area contributed by atoms with Gasteiger partial charge in [0.15, 0.2) is 0 Å². The molecular weight excluding hydrogens is 238 g/mol. The lowest BCUT2D eigenvalue weighted by molar-refractivity contribution is 0.636. The lowest BCUT2D eigenvalue weighted by Crippen LogP contribution is -2.18. The van der Waals surface area contributed by atoms with Crippen LogP contribution in [0.3, 0.4) is 0 Å². The Kier molecular flexibility index (Phi) is 8.19. The molecule has 1 aromatic rings. The molecule has 0 fully saturated rings. The van der Waals surface area contributed by atoms with Gasteiger partial charge in [-0.1, -0.05) is 49.1 Å². The first kappa shape index (κ1) is 15.6. The molecule has 2 heteroatoms. The van der Waals surface area contributed by atoms with Crippen LogP contribution in [-0.2, 0) is 5.75 Å². The van der Waals surface area contributed by atoms with E-state index in [9.17, 15) is 0 Å². The summed E-state index contributed by atoms with van der Waals surface area (Å²) in [6.07, 6.45) is 3.98. The number of hydrogen-bond acceptors (Lipinski definition) is 2. The fourth-order valence-corrected chi connectivity index (χ4v) is 2.95. The lowest BCUT2D eigenvalue weighted by atomic mass is 10.1. The fraction of sp³-hybridized carbons (Fsp3) is 0.625. The number of hydrogen-bond donors (Lipinski definition) is 1. The smallest absolute Gasteiger partial charge is 0.0185 e. The van der Waals surface area contributed by atoms with E-state index >= 15 is 0 Å². The standard InChI is InChI=1S/C16H27NS/c1-4-5-6-7-17-8-9-18-13-16-11-14(2)10-15(3)12-16/h10-12,17H,4-9,13H2,1-3H3. The predicted octanol–water partition coefficient (Wildman–Crippen LogP) is 4.32. The number of aryl methyl sites for hydroxylation is 2. The maximum absolute atomic E-state index is 3.51. The first-order valence-corrected chi connectivity index (χ1v) is 8.23. The highest BCUT2D eigenvalue weighted by Crippen LogP contribution is 2.15. The van der Waals surface area contributed by atoms with Gasteiger partial charge in [0.1, 0.15) is 0 Å². The van der Waals surface area contributed by atoms with Gasteiger partial charge in [-0.2, -0.15) is 11.8 Å². The topological polar surface area (TPSA) is 12.0 Å². The summed E-state index contributed by atoms with van der Waals surface area (Å²) in [7, 11) is 0. The molecule has 0 heterocycles. The number of benzene rings is 1. The quantitative estimate of drug-likeness (QED) is 0.668. The van der Waals surface area contributed by atoms with E-state index < -0.39 is 0 Å². The van der Waals surface area contributed by atoms with Crippen molar-refractivity contribution in [3.05, 3.63) is 34.9 Å². The molecule has 0 bridgehead atoms. The molecule has 0 saturated heterocycles. The van der Waals surface area contributed by atoms with Crippen LogP contribution in [-0.4, -0.2) is 18.8 Å². The summed E-state index contributed by atoms with van der Waals surface area (Å²) < 4.78 is 0. The molecule has 0 aliphatic heterocycles. The van der Waals surface area contributed by atoms with Crippen LogP contribution in [0.5, 0.6) is 0 Å². The van der Waals surface area contributed by atoms with Crippen molar-refractivity contribution < 1.29 is 0 Å². The van der Waals surface area contributed by atoms with Crippen molar-refractivity contribution in [1.29, 1.82) is 0 Å². The summed E-state index contributed by atoms with van der Waals surface area (Å²) in [6, 6.07) is 6.84. The number of nitrogens with one attached hydrogen (secondary N) is 1. The zero-order chi connectivity index (χ0) is 13.2. The normalized spacial score (nSPS) is 10.8. The van der Waals surface area contributed by atoms with E-state index in [0.29, 0.717) is 0 Å². The van der Waals surface area contributed by atoms with E-state index in [0.717, 1.165) is 12.3 Å². The molecule has 0 aliphatic carbocycles. The van der Waals surface area contributed by atoms with E-state index in [-0.39, 0.29) is 0 Å². The molecule has 1 nitrogen and oxygen atoms in total. The minimum Gasteiger partial charge on any atom is -0.316 e. The Labute approximate surface area is 117 Å². The van der Waals surface area contributed by atoms with Gasteiger partial charge in [-0.05, 0) is 32.4 Å². The lowest BCUT2D eigenvalue weighted by Gasteiger charge is -2.06. The van der Waals surface area contributed by atoms with E-state index in [1.54, 1.807) is 0 Å². The zero-order valence-corrected chi connectivity index (χ0v) is 12.9. The minimum atomic E-state index is 1.14. The fourth-order valence-electron chi connectivity index (χ4n) is 2.11. The van der Waals surface area contributed by atoms with Crippen molar-refractivity contribution in [2.45, 2.75) is 45.8 Å². The van der Waals surface area contributed by atoms with Gasteiger partial charge in [0.2, 0.25) is 0 Å². The van der Waals surface area contributed by atoms with E-state index in [4.69, 9.17) is 0 Å². The van der Waals surface area contributed by atoms with Crippen molar-refractivity contribution in [1.82, 2.24) is 5.32 Å². The van der Waals surface area contributed by atoms with Gasteiger partial charge in [-0.3, -0.25) is 0 Å². The second-order valence-corrected chi connectivity index (χ2v) is 6.11. The molecule has 18 heavy (non-hydrogen) atoms. The maximum Gasteiger partial charge on any atom is 0.0185 e. The van der Waals surface area contributed by atoms with Gasteiger partial charge >= 0.3 is 0 Å². The monoisotopic (exact) mass is 265 g/mol. The third kappa shape index (κ3) is 7.07. The summed E-state index contributed by atoms with van der Waals surface area (Å²) >= 11 is 2.03. The van der Waals surface area contributed by atoms with Crippen LogP contribution >= 0.6 is 11.8 Å². The number of unbranched alkanes of at least 4 members (excludes halogenated alkanes) is 2. The molecular formula is C16H27NS. The van der Waals surface area contributed by atoms with Crippen LogP contribution in [0, 0.1) is 13.8 Å². The molecule has 0 aromatic heterocycles. The van der Waals surface area contributed by atoms with E-state index in [1.165, 1.54) is 48.3 Å². The molecule has 0 aliphatic rings. The van der Waals surface area contributed by atoms with Gasteiger partial charge in [0.05, 0.1) is 0 Å². The average molecular weight is 265 g/mol. The molecule has 0 atom stereocenters. The molecule has 0 amide bonds. The first-order valence-electron chi connectivity index (χ1n) is 7.08. The highest BCUT2D eigenvalue weighted by atomic mass is 32.2. The zero-order valence-electron chi connectivity index (χ0n) is 12.1. The van der Waals surface area contributed by atoms with Crippen molar-refractivity contribution in [3.8, 4) is 0 Å². The molecule has 0 radical (unpaired) electrons. The Morgan fingerprint density at radius 3 is 2.39 bits per heavy atom. The first-order chi connectivity index (χ1) is 8.72. The minimum absolute atomic E-state index is 1.14. The van der Waals surface area contributed by atoms with Gasteiger partial charge in [-0.25, -0.2) is 0 Å². The second kappa shape index (κ2) is 9.46. The van der Waals surface area contributed by atoms with Crippen LogP contribution in [0.15, 0.2) is 18.2 Å². The highest BCUT2D eigenvalue weighted by molar-refractivity contribution is 7.98. The Morgan fingerprint density at radius 1 is 1.00 bits per heavy atom. The molecule has 1 aromatic carbocycles. The van der Waals surface area contributed by atoms with E-state index in [2.05, 4.69) is 44.3 Å². The van der Waals surface area contributed by atoms with Crippen LogP contribution in [0.4, 0.5) is 0 Å². The Bertz CT molecular complexity index is 316. The molecule has 0 spiro atoms. The third-order valence-corrected chi connectivity index (χ3v) is 3.96. The average Bonchev–Trinajstić information content (AvgIpc) is 2.31. The summed E-state index contributed by atoms with van der Waals surface area (Å²) in [5, 5.41) is 3.51. The van der Waals surface area contributed by atoms with Crippen molar-refractivity contribution in [2.24, 2.45) is 0 Å². The Balaban J connectivity index is 2.07. The molecule has 0 saturated carbocycles. The van der Waals surface area contributed by atoms with Crippen LogP contribution in [0.2, 0.25) is 0 Å². The van der Waals surface area contributed by atoms with Crippen molar-refractivity contribution in [2.75, 3.05) is 18.8 Å². The molecule has 102 valence electrons. The number of rotatable bonds is 9. The summed E-state index contributed by atoms with van der Waals surface area (Å²) in [4.78, 5) is 0. The van der Waals surface area contributed by atoms with Crippen molar-refractivity contribution in [3.63, 3.8) is 0 Å². The SMILES string of the molecule is CCCCCNCCSCc1cc(C)cc(C)c1. The third-order valence-electron chi connectivity index (χ3n) is 2.93. The largest absolute Gasteiger partial charge is 0.316 e. The van der Waals surface area contributed by atoms with E-state index in [1.807, 2.05) is 11.8 Å². The van der Waals surface area contributed by atoms with Gasteiger partial charge in [0, 0.05) is 18.1 Å². The predicted molar refractivity (Wildman–Crippen MR) is 84.5 cm³/mol. The Morgan fingerprint density at radius 2 is 1.72 bits per heavy atom. The second-order valence-electron chi connectivity index (χ2n) is 5.01.